The van der Waals surface area contributed by atoms with Crippen LogP contribution in [0.15, 0.2) is 73.6 Å². The van der Waals surface area contributed by atoms with E-state index < -0.39 is 0 Å². The lowest BCUT2D eigenvalue weighted by Gasteiger charge is -2.06. The summed E-state index contributed by atoms with van der Waals surface area (Å²) in [5, 5.41) is 0. The monoisotopic (exact) mass is 342 g/mol. The van der Waals surface area contributed by atoms with Gasteiger partial charge < -0.3 is 9.13 Å². The average molecular weight is 342 g/mol. The highest BCUT2D eigenvalue weighted by molar-refractivity contribution is 6.09. The maximum absolute atomic E-state index is 12.7. The molecule has 0 aliphatic carbocycles. The highest BCUT2D eigenvalue weighted by Crippen LogP contribution is 2.16. The van der Waals surface area contributed by atoms with Gasteiger partial charge in [0, 0.05) is 34.9 Å². The van der Waals surface area contributed by atoms with Crippen LogP contribution < -0.4 is 0 Å². The second kappa shape index (κ2) is 6.44. The van der Waals surface area contributed by atoms with Gasteiger partial charge in [0.05, 0.1) is 24.0 Å². The zero-order chi connectivity index (χ0) is 18.1. The Balaban J connectivity index is 1.55. The summed E-state index contributed by atoms with van der Waals surface area (Å²) in [5.74, 6) is 0.00623. The molecule has 2 heterocycles. The number of imidazole rings is 2. The number of aryl methyl sites for hydroxylation is 2. The van der Waals surface area contributed by atoms with Crippen LogP contribution in [0.1, 0.15) is 27.3 Å². The predicted octanol–water partition coefficient (Wildman–Crippen LogP) is 3.91. The van der Waals surface area contributed by atoms with Gasteiger partial charge in [-0.1, -0.05) is 0 Å². The number of rotatable bonds is 4. The number of hydrogen-bond acceptors (Lipinski definition) is 3. The molecule has 0 unspecified atom stereocenters. The molecule has 4 rings (SSSR count). The lowest BCUT2D eigenvalue weighted by Crippen LogP contribution is -2.02. The van der Waals surface area contributed by atoms with Crippen LogP contribution in [0, 0.1) is 13.8 Å². The fourth-order valence-electron chi connectivity index (χ4n) is 2.86. The Morgan fingerprint density at radius 2 is 1.08 bits per heavy atom. The van der Waals surface area contributed by atoms with E-state index in [-0.39, 0.29) is 5.78 Å². The van der Waals surface area contributed by atoms with Crippen molar-refractivity contribution in [1.82, 2.24) is 19.1 Å². The van der Waals surface area contributed by atoms with Gasteiger partial charge in [-0.3, -0.25) is 4.79 Å². The first-order valence-electron chi connectivity index (χ1n) is 8.37. The van der Waals surface area contributed by atoms with E-state index in [9.17, 15) is 4.79 Å². The average Bonchev–Trinajstić information content (AvgIpc) is 3.30. The second-order valence-electron chi connectivity index (χ2n) is 6.27. The molecular formula is C21H18N4O. The van der Waals surface area contributed by atoms with Gasteiger partial charge in [0.2, 0.25) is 0 Å². The molecule has 0 aliphatic rings. The van der Waals surface area contributed by atoms with Crippen LogP contribution in [-0.2, 0) is 0 Å². The van der Waals surface area contributed by atoms with Gasteiger partial charge in [-0.05, 0) is 62.4 Å². The fourth-order valence-corrected chi connectivity index (χ4v) is 2.86. The zero-order valence-corrected chi connectivity index (χ0v) is 14.6. The van der Waals surface area contributed by atoms with Gasteiger partial charge >= 0.3 is 0 Å². The summed E-state index contributed by atoms with van der Waals surface area (Å²) in [6, 6.07) is 15.1. The largest absolute Gasteiger partial charge is 0.306 e. The second-order valence-corrected chi connectivity index (χ2v) is 6.27. The molecule has 4 aromatic rings. The number of carbonyl (C=O) groups excluding carboxylic acids is 1. The smallest absolute Gasteiger partial charge is 0.193 e. The summed E-state index contributed by atoms with van der Waals surface area (Å²) in [7, 11) is 0. The summed E-state index contributed by atoms with van der Waals surface area (Å²) >= 11 is 0. The summed E-state index contributed by atoms with van der Waals surface area (Å²) < 4.78 is 3.87. The SMILES string of the molecule is Cc1cn(-c2ccc(C(=O)c3ccc(-n4cnc(C)c4)cc3)cc2)cn1. The first-order chi connectivity index (χ1) is 12.6. The maximum Gasteiger partial charge on any atom is 0.193 e. The van der Waals surface area contributed by atoms with Crippen molar-refractivity contribution >= 4 is 5.78 Å². The van der Waals surface area contributed by atoms with Gasteiger partial charge in [-0.2, -0.15) is 0 Å². The first kappa shape index (κ1) is 16.0. The number of aromatic nitrogens is 4. The van der Waals surface area contributed by atoms with Crippen LogP contribution in [0.3, 0.4) is 0 Å². The van der Waals surface area contributed by atoms with Gasteiger partial charge in [0.15, 0.2) is 5.78 Å². The summed E-state index contributed by atoms with van der Waals surface area (Å²) in [6.07, 6.45) is 7.44. The van der Waals surface area contributed by atoms with E-state index in [0.29, 0.717) is 11.1 Å². The molecule has 5 heteroatoms. The molecule has 2 aromatic heterocycles. The van der Waals surface area contributed by atoms with Crippen LogP contribution in [0.4, 0.5) is 0 Å². The van der Waals surface area contributed by atoms with Crippen molar-refractivity contribution in [3.8, 4) is 11.4 Å². The van der Waals surface area contributed by atoms with Crippen molar-refractivity contribution < 1.29 is 4.79 Å². The minimum atomic E-state index is 0.00623. The zero-order valence-electron chi connectivity index (χ0n) is 14.6. The molecule has 0 spiro atoms. The fraction of sp³-hybridized carbons (Fsp3) is 0.0952. The van der Waals surface area contributed by atoms with E-state index in [0.717, 1.165) is 22.8 Å². The van der Waals surface area contributed by atoms with Crippen molar-refractivity contribution in [1.29, 1.82) is 0 Å². The van der Waals surface area contributed by atoms with E-state index in [4.69, 9.17) is 0 Å². The maximum atomic E-state index is 12.7. The van der Waals surface area contributed by atoms with Crippen molar-refractivity contribution in [2.45, 2.75) is 13.8 Å². The number of carbonyl (C=O) groups is 1. The molecular weight excluding hydrogens is 324 g/mol. The summed E-state index contributed by atoms with van der Waals surface area (Å²) in [5.41, 5.74) is 5.20. The molecule has 26 heavy (non-hydrogen) atoms. The number of nitrogens with zero attached hydrogens (tertiary/aromatic N) is 4. The lowest BCUT2D eigenvalue weighted by atomic mass is 10.0. The Hall–Kier alpha value is -3.47. The van der Waals surface area contributed by atoms with E-state index in [1.165, 1.54) is 0 Å². The number of hydrogen-bond donors (Lipinski definition) is 0. The molecule has 5 nitrogen and oxygen atoms in total. The van der Waals surface area contributed by atoms with E-state index >= 15 is 0 Å². The Bertz CT molecular complexity index is 970. The van der Waals surface area contributed by atoms with Crippen molar-refractivity contribution in [2.75, 3.05) is 0 Å². The minimum Gasteiger partial charge on any atom is -0.306 e. The van der Waals surface area contributed by atoms with Crippen molar-refractivity contribution in [3.63, 3.8) is 0 Å². The standard InChI is InChI=1S/C21H18N4O/c1-15-11-24(13-22-15)19-7-3-17(4-8-19)21(26)18-5-9-20(10-6-18)25-12-16(2)23-14-25/h3-14H,1-2H3. The van der Waals surface area contributed by atoms with Crippen LogP contribution in [0.2, 0.25) is 0 Å². The van der Waals surface area contributed by atoms with Crippen molar-refractivity contribution in [3.05, 3.63) is 96.1 Å². The molecule has 0 N–H and O–H groups in total. The van der Waals surface area contributed by atoms with Crippen molar-refractivity contribution in [2.24, 2.45) is 0 Å². The van der Waals surface area contributed by atoms with Crippen LogP contribution in [0.5, 0.6) is 0 Å². The molecule has 0 bridgehead atoms. The Morgan fingerprint density at radius 3 is 1.38 bits per heavy atom. The lowest BCUT2D eigenvalue weighted by molar-refractivity contribution is 0.103. The quantitative estimate of drug-likeness (QED) is 0.529. The first-order valence-corrected chi connectivity index (χ1v) is 8.37. The van der Waals surface area contributed by atoms with E-state index in [1.54, 1.807) is 12.7 Å². The summed E-state index contributed by atoms with van der Waals surface area (Å²) in [4.78, 5) is 21.2. The third-order valence-electron chi connectivity index (χ3n) is 4.28. The Labute approximate surface area is 151 Å². The minimum absolute atomic E-state index is 0.00623. The molecule has 0 saturated carbocycles. The predicted molar refractivity (Wildman–Crippen MR) is 100 cm³/mol. The van der Waals surface area contributed by atoms with Gasteiger partial charge in [0.25, 0.3) is 0 Å². The van der Waals surface area contributed by atoms with Gasteiger partial charge in [-0.25, -0.2) is 9.97 Å². The number of benzene rings is 2. The normalized spacial score (nSPS) is 10.8. The molecule has 0 atom stereocenters. The third-order valence-corrected chi connectivity index (χ3v) is 4.28. The Kier molecular flexibility index (Phi) is 3.97. The molecule has 0 aliphatic heterocycles. The van der Waals surface area contributed by atoms with Crippen LogP contribution >= 0.6 is 0 Å². The molecule has 0 saturated heterocycles. The third kappa shape index (κ3) is 3.07. The molecule has 128 valence electrons. The molecule has 0 amide bonds. The van der Waals surface area contributed by atoms with E-state index in [2.05, 4.69) is 9.97 Å². The van der Waals surface area contributed by atoms with Crippen LogP contribution in [-0.4, -0.2) is 24.9 Å². The Morgan fingerprint density at radius 1 is 0.692 bits per heavy atom. The molecule has 0 radical (unpaired) electrons. The van der Waals surface area contributed by atoms with Gasteiger partial charge in [0.1, 0.15) is 0 Å². The highest BCUT2D eigenvalue weighted by atomic mass is 16.1. The number of ketones is 1. The van der Waals surface area contributed by atoms with Gasteiger partial charge in [-0.15, -0.1) is 0 Å². The van der Waals surface area contributed by atoms with Crippen LogP contribution in [0.25, 0.3) is 11.4 Å². The molecule has 0 fully saturated rings. The molecule has 2 aromatic carbocycles. The van der Waals surface area contributed by atoms with E-state index in [1.807, 2.05) is 83.9 Å². The topological polar surface area (TPSA) is 52.7 Å². The highest BCUT2D eigenvalue weighted by Gasteiger charge is 2.10. The summed E-state index contributed by atoms with van der Waals surface area (Å²) in [6.45, 7) is 3.90.